The summed E-state index contributed by atoms with van der Waals surface area (Å²) in [5.41, 5.74) is 1.09. The summed E-state index contributed by atoms with van der Waals surface area (Å²) >= 11 is 0. The van der Waals surface area contributed by atoms with E-state index in [2.05, 4.69) is 12.2 Å². The molecule has 2 aliphatic rings. The topological polar surface area (TPSA) is 49.4 Å². The van der Waals surface area contributed by atoms with Crippen molar-refractivity contribution in [3.05, 3.63) is 35.9 Å². The van der Waals surface area contributed by atoms with Crippen molar-refractivity contribution in [2.24, 2.45) is 11.8 Å². The highest BCUT2D eigenvalue weighted by molar-refractivity contribution is 5.80. The van der Waals surface area contributed by atoms with Crippen LogP contribution in [0.1, 0.15) is 76.3 Å². The molecule has 1 saturated heterocycles. The SMILES string of the molecule is CCCCC1CCC(C(=O)NC(CN2CCCC2=O)c2ccccc2)CC1. The van der Waals surface area contributed by atoms with Crippen molar-refractivity contribution >= 4 is 11.8 Å². The van der Waals surface area contributed by atoms with Crippen molar-refractivity contribution in [1.29, 1.82) is 0 Å². The molecule has 0 aromatic heterocycles. The van der Waals surface area contributed by atoms with E-state index in [1.807, 2.05) is 35.2 Å². The fourth-order valence-corrected chi connectivity index (χ4v) is 4.53. The van der Waals surface area contributed by atoms with Gasteiger partial charge in [-0.25, -0.2) is 0 Å². The maximum absolute atomic E-state index is 12.9. The fraction of sp³-hybridized carbons (Fsp3) is 0.652. The number of nitrogens with one attached hydrogen (secondary N) is 1. The Bertz CT molecular complexity index is 608. The number of carbonyl (C=O) groups excluding carboxylic acids is 2. The molecule has 4 heteroatoms. The number of rotatable bonds is 8. The van der Waals surface area contributed by atoms with Crippen molar-refractivity contribution < 1.29 is 9.59 Å². The third kappa shape index (κ3) is 5.57. The first-order valence-electron chi connectivity index (χ1n) is 10.8. The molecule has 2 fully saturated rings. The summed E-state index contributed by atoms with van der Waals surface area (Å²) in [4.78, 5) is 26.9. The number of hydrogen-bond acceptors (Lipinski definition) is 2. The highest BCUT2D eigenvalue weighted by atomic mass is 16.2. The largest absolute Gasteiger partial charge is 0.347 e. The quantitative estimate of drug-likeness (QED) is 0.734. The summed E-state index contributed by atoms with van der Waals surface area (Å²) < 4.78 is 0. The number of carbonyl (C=O) groups is 2. The lowest BCUT2D eigenvalue weighted by Gasteiger charge is -2.30. The highest BCUT2D eigenvalue weighted by Crippen LogP contribution is 2.32. The molecule has 0 bridgehead atoms. The Morgan fingerprint density at radius 3 is 2.56 bits per heavy atom. The van der Waals surface area contributed by atoms with E-state index < -0.39 is 0 Å². The van der Waals surface area contributed by atoms with E-state index in [9.17, 15) is 9.59 Å². The minimum Gasteiger partial charge on any atom is -0.347 e. The zero-order chi connectivity index (χ0) is 19.1. The van der Waals surface area contributed by atoms with Crippen LogP contribution >= 0.6 is 0 Å². The van der Waals surface area contributed by atoms with Gasteiger partial charge in [0.2, 0.25) is 11.8 Å². The zero-order valence-corrected chi connectivity index (χ0v) is 16.7. The second kappa shape index (κ2) is 9.91. The second-order valence-corrected chi connectivity index (χ2v) is 8.28. The van der Waals surface area contributed by atoms with Gasteiger partial charge in [0.25, 0.3) is 0 Å². The lowest BCUT2D eigenvalue weighted by atomic mass is 9.79. The molecule has 1 aromatic carbocycles. The Balaban J connectivity index is 1.58. The second-order valence-electron chi connectivity index (χ2n) is 8.28. The number of likely N-dealkylation sites (tertiary alicyclic amines) is 1. The third-order valence-electron chi connectivity index (χ3n) is 6.28. The van der Waals surface area contributed by atoms with Crippen LogP contribution in [0.15, 0.2) is 30.3 Å². The lowest BCUT2D eigenvalue weighted by Crippen LogP contribution is -2.41. The van der Waals surface area contributed by atoms with E-state index in [0.29, 0.717) is 13.0 Å². The summed E-state index contributed by atoms with van der Waals surface area (Å²) in [6.45, 7) is 3.63. The molecule has 2 amide bonds. The molecule has 1 N–H and O–H groups in total. The molecule has 1 aliphatic carbocycles. The van der Waals surface area contributed by atoms with Crippen LogP contribution in [0.5, 0.6) is 0 Å². The maximum atomic E-state index is 12.9. The van der Waals surface area contributed by atoms with Gasteiger partial charge >= 0.3 is 0 Å². The molecule has 1 heterocycles. The Labute approximate surface area is 163 Å². The van der Waals surface area contributed by atoms with Crippen LogP contribution in [0.25, 0.3) is 0 Å². The smallest absolute Gasteiger partial charge is 0.223 e. The third-order valence-corrected chi connectivity index (χ3v) is 6.28. The van der Waals surface area contributed by atoms with E-state index in [-0.39, 0.29) is 23.8 Å². The van der Waals surface area contributed by atoms with Gasteiger partial charge in [-0.05, 0) is 43.6 Å². The number of hydrogen-bond donors (Lipinski definition) is 1. The minimum atomic E-state index is -0.112. The van der Waals surface area contributed by atoms with Gasteiger partial charge in [0.05, 0.1) is 6.04 Å². The molecule has 1 atom stereocenters. The molecule has 27 heavy (non-hydrogen) atoms. The van der Waals surface area contributed by atoms with Gasteiger partial charge in [-0.15, -0.1) is 0 Å². The summed E-state index contributed by atoms with van der Waals surface area (Å²) in [6, 6.07) is 9.97. The molecular weight excluding hydrogens is 336 g/mol. The molecule has 148 valence electrons. The van der Waals surface area contributed by atoms with Gasteiger partial charge < -0.3 is 10.2 Å². The van der Waals surface area contributed by atoms with Gasteiger partial charge in [-0.3, -0.25) is 9.59 Å². The summed E-state index contributed by atoms with van der Waals surface area (Å²) in [5, 5.41) is 3.28. The van der Waals surface area contributed by atoms with Crippen molar-refractivity contribution in [3.63, 3.8) is 0 Å². The summed E-state index contributed by atoms with van der Waals surface area (Å²) in [6.07, 6.45) is 9.81. The van der Waals surface area contributed by atoms with E-state index in [1.165, 1.54) is 32.1 Å². The predicted molar refractivity (Wildman–Crippen MR) is 108 cm³/mol. The highest BCUT2D eigenvalue weighted by Gasteiger charge is 2.29. The van der Waals surface area contributed by atoms with Crippen LogP contribution in [0.2, 0.25) is 0 Å². The lowest BCUT2D eigenvalue weighted by molar-refractivity contribution is -0.130. The first-order chi connectivity index (χ1) is 13.2. The van der Waals surface area contributed by atoms with Crippen molar-refractivity contribution in [2.45, 2.75) is 70.8 Å². The maximum Gasteiger partial charge on any atom is 0.223 e. The van der Waals surface area contributed by atoms with Crippen molar-refractivity contribution in [3.8, 4) is 0 Å². The van der Waals surface area contributed by atoms with E-state index in [0.717, 1.165) is 37.3 Å². The first-order valence-corrected chi connectivity index (χ1v) is 10.8. The monoisotopic (exact) mass is 370 g/mol. The summed E-state index contributed by atoms with van der Waals surface area (Å²) in [7, 11) is 0. The average Bonchev–Trinajstić information content (AvgIpc) is 3.11. The number of benzene rings is 1. The van der Waals surface area contributed by atoms with Crippen LogP contribution in [-0.2, 0) is 9.59 Å². The van der Waals surface area contributed by atoms with Crippen molar-refractivity contribution in [1.82, 2.24) is 10.2 Å². The zero-order valence-electron chi connectivity index (χ0n) is 16.7. The van der Waals surface area contributed by atoms with Crippen LogP contribution < -0.4 is 5.32 Å². The summed E-state index contributed by atoms with van der Waals surface area (Å²) in [5.74, 6) is 1.32. The minimum absolute atomic E-state index is 0.112. The Kier molecular flexibility index (Phi) is 7.31. The van der Waals surface area contributed by atoms with E-state index in [1.54, 1.807) is 0 Å². The number of unbranched alkanes of at least 4 members (excludes halogenated alkanes) is 1. The van der Waals surface area contributed by atoms with E-state index >= 15 is 0 Å². The average molecular weight is 371 g/mol. The van der Waals surface area contributed by atoms with Gasteiger partial charge in [0.1, 0.15) is 0 Å². The Hall–Kier alpha value is -1.84. The Morgan fingerprint density at radius 2 is 1.93 bits per heavy atom. The molecule has 0 radical (unpaired) electrons. The fourth-order valence-electron chi connectivity index (χ4n) is 4.53. The van der Waals surface area contributed by atoms with Gasteiger partial charge in [0, 0.05) is 25.4 Å². The molecule has 1 aliphatic heterocycles. The van der Waals surface area contributed by atoms with E-state index in [4.69, 9.17) is 0 Å². The van der Waals surface area contributed by atoms with Crippen LogP contribution in [-0.4, -0.2) is 29.8 Å². The molecule has 0 spiro atoms. The van der Waals surface area contributed by atoms with Gasteiger partial charge in [0.15, 0.2) is 0 Å². The molecule has 1 saturated carbocycles. The standard InChI is InChI=1S/C23H34N2O2/c1-2-3-8-18-12-14-20(15-13-18)23(27)24-21(19-9-5-4-6-10-19)17-25-16-7-11-22(25)26/h4-6,9-10,18,20-21H,2-3,7-8,11-17H2,1H3,(H,24,27). The molecule has 4 nitrogen and oxygen atoms in total. The Morgan fingerprint density at radius 1 is 1.19 bits per heavy atom. The number of amides is 2. The van der Waals surface area contributed by atoms with Crippen LogP contribution in [0, 0.1) is 11.8 Å². The van der Waals surface area contributed by atoms with Gasteiger partial charge in [-0.2, -0.15) is 0 Å². The first kappa shape index (κ1) is 19.9. The van der Waals surface area contributed by atoms with Crippen LogP contribution in [0.3, 0.4) is 0 Å². The molecule has 1 aromatic rings. The molecule has 3 rings (SSSR count). The molecule has 1 unspecified atom stereocenters. The molecular formula is C23H34N2O2. The van der Waals surface area contributed by atoms with Crippen LogP contribution in [0.4, 0.5) is 0 Å². The predicted octanol–water partition coefficient (Wildman–Crippen LogP) is 4.46. The van der Waals surface area contributed by atoms with Crippen molar-refractivity contribution in [2.75, 3.05) is 13.1 Å². The normalized spacial score (nSPS) is 24.0. The number of nitrogens with zero attached hydrogens (tertiary/aromatic N) is 1. The van der Waals surface area contributed by atoms with Gasteiger partial charge in [-0.1, -0.05) is 56.5 Å².